The maximum Gasteiger partial charge on any atom is 0.335 e. The van der Waals surface area contributed by atoms with Gasteiger partial charge in [-0.1, -0.05) is 6.07 Å². The van der Waals surface area contributed by atoms with Gasteiger partial charge in [-0.2, -0.15) is 0 Å². The summed E-state index contributed by atoms with van der Waals surface area (Å²) in [5, 5.41) is 17.2. The van der Waals surface area contributed by atoms with Gasteiger partial charge in [0.25, 0.3) is 5.92 Å². The Labute approximate surface area is 114 Å². The highest BCUT2D eigenvalue weighted by Crippen LogP contribution is 2.18. The van der Waals surface area contributed by atoms with Crippen LogP contribution < -0.4 is 4.72 Å². The van der Waals surface area contributed by atoms with Crippen LogP contribution in [0, 0.1) is 6.92 Å². The summed E-state index contributed by atoms with van der Waals surface area (Å²) in [5.74, 6) is -4.92. The molecule has 20 heavy (non-hydrogen) atoms. The Bertz CT molecular complexity index is 615. The van der Waals surface area contributed by atoms with E-state index in [9.17, 15) is 22.0 Å². The Kier molecular flexibility index (Phi) is 4.79. The van der Waals surface area contributed by atoms with Crippen LogP contribution in [0.5, 0.6) is 0 Å². The number of aromatic carboxylic acids is 1. The van der Waals surface area contributed by atoms with Gasteiger partial charge in [0.05, 0.1) is 17.0 Å². The number of carbonyl (C=O) groups is 1. The van der Waals surface area contributed by atoms with E-state index >= 15 is 0 Å². The van der Waals surface area contributed by atoms with Crippen LogP contribution in [-0.4, -0.2) is 43.7 Å². The fourth-order valence-corrected chi connectivity index (χ4v) is 2.69. The molecular formula is C11H13F2NO5S. The molecule has 6 nitrogen and oxygen atoms in total. The molecule has 9 heteroatoms. The quantitative estimate of drug-likeness (QED) is 0.714. The van der Waals surface area contributed by atoms with Crippen molar-refractivity contribution in [3.8, 4) is 0 Å². The topological polar surface area (TPSA) is 104 Å². The fraction of sp³-hybridized carbons (Fsp3) is 0.364. The van der Waals surface area contributed by atoms with Crippen molar-refractivity contribution in [1.29, 1.82) is 0 Å². The molecule has 0 fully saturated rings. The zero-order chi connectivity index (χ0) is 15.6. The van der Waals surface area contributed by atoms with Gasteiger partial charge in [0, 0.05) is 0 Å². The monoisotopic (exact) mass is 309 g/mol. The molecule has 3 N–H and O–H groups in total. The standard InChI is InChI=1S/C11H13F2NO5S/c1-7-2-3-8(10(16)17)4-9(7)20(18,19)14-5-11(12,13)6-15/h2-4,14-15H,5-6H2,1H3,(H,16,17). The molecule has 0 aliphatic rings. The van der Waals surface area contributed by atoms with E-state index in [1.54, 1.807) is 4.72 Å². The highest BCUT2D eigenvalue weighted by molar-refractivity contribution is 7.89. The number of nitrogens with one attached hydrogen (secondary N) is 1. The molecule has 0 bridgehead atoms. The zero-order valence-corrected chi connectivity index (χ0v) is 11.2. The van der Waals surface area contributed by atoms with E-state index in [0.717, 1.165) is 6.07 Å². The Balaban J connectivity index is 3.09. The van der Waals surface area contributed by atoms with Gasteiger partial charge in [-0.25, -0.2) is 26.7 Å². The lowest BCUT2D eigenvalue weighted by molar-refractivity contribution is -0.0437. The predicted molar refractivity (Wildman–Crippen MR) is 65.4 cm³/mol. The van der Waals surface area contributed by atoms with Crippen LogP contribution in [0.2, 0.25) is 0 Å². The summed E-state index contributed by atoms with van der Waals surface area (Å²) in [4.78, 5) is 10.4. The lowest BCUT2D eigenvalue weighted by Gasteiger charge is -2.15. The molecule has 1 rings (SSSR count). The van der Waals surface area contributed by atoms with Gasteiger partial charge in [-0.05, 0) is 24.6 Å². The van der Waals surface area contributed by atoms with E-state index in [0.29, 0.717) is 0 Å². The summed E-state index contributed by atoms with van der Waals surface area (Å²) in [6, 6.07) is 3.36. The molecule has 0 atom stereocenters. The summed E-state index contributed by atoms with van der Waals surface area (Å²) in [6.07, 6.45) is 0. The van der Waals surface area contributed by atoms with Crippen molar-refractivity contribution >= 4 is 16.0 Å². The van der Waals surface area contributed by atoms with Crippen LogP contribution >= 0.6 is 0 Å². The lowest BCUT2D eigenvalue weighted by Crippen LogP contribution is -2.39. The third-order valence-electron chi connectivity index (χ3n) is 2.48. The molecule has 112 valence electrons. The molecule has 0 heterocycles. The number of alkyl halides is 2. The maximum atomic E-state index is 12.8. The number of aliphatic hydroxyl groups is 1. The van der Waals surface area contributed by atoms with Crippen LogP contribution in [0.15, 0.2) is 23.1 Å². The van der Waals surface area contributed by atoms with Gasteiger partial charge >= 0.3 is 5.97 Å². The predicted octanol–water partition coefficient (Wildman–Crippen LogP) is 0.599. The lowest BCUT2D eigenvalue weighted by atomic mass is 10.1. The Morgan fingerprint density at radius 2 is 2.00 bits per heavy atom. The smallest absolute Gasteiger partial charge is 0.335 e. The first-order valence-corrected chi connectivity index (χ1v) is 6.90. The molecule has 0 aliphatic heterocycles. The van der Waals surface area contributed by atoms with E-state index in [1.165, 1.54) is 19.1 Å². The first-order valence-electron chi connectivity index (χ1n) is 5.41. The van der Waals surface area contributed by atoms with Crippen LogP contribution in [0.25, 0.3) is 0 Å². The summed E-state index contributed by atoms with van der Waals surface area (Å²) in [6.45, 7) is -1.36. The first-order chi connectivity index (χ1) is 9.09. The average molecular weight is 309 g/mol. The molecule has 0 unspecified atom stereocenters. The summed E-state index contributed by atoms with van der Waals surface area (Å²) >= 11 is 0. The van der Waals surface area contributed by atoms with E-state index in [-0.39, 0.29) is 11.1 Å². The van der Waals surface area contributed by atoms with Crippen LogP contribution in [0.4, 0.5) is 8.78 Å². The molecule has 0 radical (unpaired) electrons. The average Bonchev–Trinajstić information content (AvgIpc) is 2.37. The number of aryl methyl sites for hydroxylation is 1. The first kappa shape index (κ1) is 16.5. The SMILES string of the molecule is Cc1ccc(C(=O)O)cc1S(=O)(=O)NCC(F)(F)CO. The van der Waals surface area contributed by atoms with Gasteiger partial charge in [-0.15, -0.1) is 0 Å². The molecule has 0 saturated heterocycles. The minimum absolute atomic E-state index is 0.217. The summed E-state index contributed by atoms with van der Waals surface area (Å²) < 4.78 is 51.1. The van der Waals surface area contributed by atoms with E-state index in [1.807, 2.05) is 0 Å². The molecule has 1 aromatic carbocycles. The number of rotatable bonds is 6. The molecule has 1 aromatic rings. The molecule has 0 aromatic heterocycles. The Morgan fingerprint density at radius 3 is 2.50 bits per heavy atom. The second-order valence-electron chi connectivity index (χ2n) is 4.12. The van der Waals surface area contributed by atoms with Crippen molar-refractivity contribution in [1.82, 2.24) is 4.72 Å². The van der Waals surface area contributed by atoms with Gasteiger partial charge in [0.2, 0.25) is 10.0 Å². The van der Waals surface area contributed by atoms with Crippen LogP contribution in [0.3, 0.4) is 0 Å². The number of carboxylic acid groups (broad SMARTS) is 1. The normalized spacial score (nSPS) is 12.4. The third kappa shape index (κ3) is 3.95. The number of sulfonamides is 1. The van der Waals surface area contributed by atoms with Crippen LogP contribution in [-0.2, 0) is 10.0 Å². The number of halogens is 2. The van der Waals surface area contributed by atoms with Crippen molar-refractivity contribution in [2.45, 2.75) is 17.7 Å². The number of benzene rings is 1. The fourth-order valence-electron chi connectivity index (χ4n) is 1.36. The largest absolute Gasteiger partial charge is 0.478 e. The number of hydrogen-bond acceptors (Lipinski definition) is 4. The van der Waals surface area contributed by atoms with Crippen molar-refractivity contribution in [3.63, 3.8) is 0 Å². The van der Waals surface area contributed by atoms with Gasteiger partial charge in [0.1, 0.15) is 6.61 Å². The maximum absolute atomic E-state index is 12.8. The van der Waals surface area contributed by atoms with Crippen molar-refractivity contribution in [3.05, 3.63) is 29.3 Å². The zero-order valence-electron chi connectivity index (χ0n) is 10.4. The highest BCUT2D eigenvalue weighted by Gasteiger charge is 2.30. The number of hydrogen-bond donors (Lipinski definition) is 3. The van der Waals surface area contributed by atoms with Crippen molar-refractivity contribution in [2.24, 2.45) is 0 Å². The Morgan fingerprint density at radius 1 is 1.40 bits per heavy atom. The van der Waals surface area contributed by atoms with Gasteiger partial charge in [-0.3, -0.25) is 0 Å². The molecule has 0 amide bonds. The highest BCUT2D eigenvalue weighted by atomic mass is 32.2. The second kappa shape index (κ2) is 5.81. The molecule has 0 spiro atoms. The van der Waals surface area contributed by atoms with E-state index in [4.69, 9.17) is 10.2 Å². The van der Waals surface area contributed by atoms with E-state index < -0.39 is 40.0 Å². The third-order valence-corrected chi connectivity index (χ3v) is 4.02. The number of aliphatic hydroxyl groups excluding tert-OH is 1. The van der Waals surface area contributed by atoms with Crippen molar-refractivity contribution < 1.29 is 32.2 Å². The minimum Gasteiger partial charge on any atom is -0.478 e. The molecule has 0 saturated carbocycles. The van der Waals surface area contributed by atoms with E-state index in [2.05, 4.69) is 0 Å². The number of carboxylic acids is 1. The van der Waals surface area contributed by atoms with Crippen LogP contribution in [0.1, 0.15) is 15.9 Å². The molecule has 0 aliphatic carbocycles. The summed E-state index contributed by atoms with van der Waals surface area (Å²) in [7, 11) is -4.29. The second-order valence-corrected chi connectivity index (χ2v) is 5.86. The Hall–Kier alpha value is -1.58. The van der Waals surface area contributed by atoms with Crippen molar-refractivity contribution in [2.75, 3.05) is 13.2 Å². The minimum atomic E-state index is -4.29. The molecular weight excluding hydrogens is 296 g/mol. The van der Waals surface area contributed by atoms with Gasteiger partial charge < -0.3 is 10.2 Å². The van der Waals surface area contributed by atoms with Gasteiger partial charge in [0.15, 0.2) is 0 Å². The summed E-state index contributed by atoms with van der Waals surface area (Å²) in [5.41, 5.74) is -0.0558.